The minimum Gasteiger partial charge on any atom is -0.336 e. The number of hydrogen-bond acceptors (Lipinski definition) is 7. The second-order valence-corrected chi connectivity index (χ2v) is 8.89. The summed E-state index contributed by atoms with van der Waals surface area (Å²) in [6.07, 6.45) is 1.51. The maximum atomic E-state index is 13.0. The van der Waals surface area contributed by atoms with Crippen LogP contribution in [-0.2, 0) is 6.54 Å². The monoisotopic (exact) mass is 465 g/mol. The van der Waals surface area contributed by atoms with Crippen molar-refractivity contribution in [3.63, 3.8) is 0 Å². The van der Waals surface area contributed by atoms with Crippen LogP contribution in [0.25, 0.3) is 16.9 Å². The fourth-order valence-electron chi connectivity index (χ4n) is 3.68. The summed E-state index contributed by atoms with van der Waals surface area (Å²) < 4.78 is 1.54. The zero-order valence-electron chi connectivity index (χ0n) is 17.1. The molecular weight excluding hydrogens is 446 g/mol. The summed E-state index contributed by atoms with van der Waals surface area (Å²) >= 11 is 7.64. The molecule has 2 aromatic heterocycles. The van der Waals surface area contributed by atoms with Crippen LogP contribution < -0.4 is 0 Å². The first kappa shape index (κ1) is 20.7. The van der Waals surface area contributed by atoms with Gasteiger partial charge in [-0.25, -0.2) is 9.67 Å². The van der Waals surface area contributed by atoms with Crippen LogP contribution >= 0.6 is 22.9 Å². The second kappa shape index (κ2) is 9.15. The lowest BCUT2D eigenvalue weighted by Gasteiger charge is -2.34. The quantitative estimate of drug-likeness (QED) is 0.449. The minimum absolute atomic E-state index is 0.0267. The number of carbonyl (C=O) groups excluding carboxylic acids is 1. The van der Waals surface area contributed by atoms with Crippen molar-refractivity contribution in [1.29, 1.82) is 0 Å². The van der Waals surface area contributed by atoms with Gasteiger partial charge < -0.3 is 4.90 Å². The van der Waals surface area contributed by atoms with Gasteiger partial charge in [0, 0.05) is 47.7 Å². The van der Waals surface area contributed by atoms with E-state index in [2.05, 4.69) is 25.8 Å². The summed E-state index contributed by atoms with van der Waals surface area (Å²) in [6, 6.07) is 15.1. The number of nitrogens with zero attached hydrogens (tertiary/aromatic N) is 7. The van der Waals surface area contributed by atoms with Crippen LogP contribution in [0.15, 0.2) is 60.2 Å². The van der Waals surface area contributed by atoms with Crippen LogP contribution in [0, 0.1) is 0 Å². The number of benzene rings is 2. The van der Waals surface area contributed by atoms with Crippen LogP contribution in [0.4, 0.5) is 0 Å². The number of amides is 1. The lowest BCUT2D eigenvalue weighted by Crippen LogP contribution is -2.48. The van der Waals surface area contributed by atoms with Crippen molar-refractivity contribution in [2.24, 2.45) is 0 Å². The first-order valence-corrected chi connectivity index (χ1v) is 11.5. The van der Waals surface area contributed by atoms with Crippen LogP contribution in [0.2, 0.25) is 5.02 Å². The fraction of sp³-hybridized carbons (Fsp3) is 0.227. The van der Waals surface area contributed by atoms with E-state index in [1.54, 1.807) is 16.0 Å². The molecule has 0 unspecified atom stereocenters. The number of halogens is 1. The van der Waals surface area contributed by atoms with Crippen molar-refractivity contribution >= 4 is 28.8 Å². The Kier molecular flexibility index (Phi) is 5.93. The molecule has 0 aliphatic carbocycles. The van der Waals surface area contributed by atoms with E-state index in [-0.39, 0.29) is 5.91 Å². The average Bonchev–Trinajstić information content (AvgIpc) is 3.53. The van der Waals surface area contributed by atoms with E-state index < -0.39 is 0 Å². The Balaban J connectivity index is 1.18. The molecule has 0 N–H and O–H groups in total. The van der Waals surface area contributed by atoms with Gasteiger partial charge in [-0.1, -0.05) is 29.8 Å². The van der Waals surface area contributed by atoms with Gasteiger partial charge >= 0.3 is 0 Å². The summed E-state index contributed by atoms with van der Waals surface area (Å²) in [5.41, 5.74) is 3.44. The Morgan fingerprint density at radius 3 is 2.62 bits per heavy atom. The third-order valence-electron chi connectivity index (χ3n) is 5.42. The van der Waals surface area contributed by atoms with Crippen molar-refractivity contribution < 1.29 is 4.79 Å². The van der Waals surface area contributed by atoms with Crippen LogP contribution in [0.1, 0.15) is 15.4 Å². The van der Waals surface area contributed by atoms with E-state index in [1.807, 2.05) is 53.4 Å². The Labute approximate surface area is 194 Å². The summed E-state index contributed by atoms with van der Waals surface area (Å²) in [5.74, 6) is 0.0267. The molecule has 8 nitrogen and oxygen atoms in total. The summed E-state index contributed by atoms with van der Waals surface area (Å²) in [4.78, 5) is 22.0. The number of rotatable bonds is 5. The lowest BCUT2D eigenvalue weighted by molar-refractivity contribution is 0.0628. The highest BCUT2D eigenvalue weighted by molar-refractivity contribution is 7.09. The summed E-state index contributed by atoms with van der Waals surface area (Å²) in [6.45, 7) is 3.78. The smallest absolute Gasteiger partial charge is 0.254 e. The molecule has 0 saturated carbocycles. The van der Waals surface area contributed by atoms with Crippen molar-refractivity contribution in [2.45, 2.75) is 6.54 Å². The van der Waals surface area contributed by atoms with Crippen molar-refractivity contribution in [3.05, 3.63) is 75.8 Å². The second-order valence-electron chi connectivity index (χ2n) is 7.51. The number of piperazine rings is 1. The van der Waals surface area contributed by atoms with E-state index in [1.165, 1.54) is 6.33 Å². The largest absolute Gasteiger partial charge is 0.336 e. The molecule has 0 atom stereocenters. The standard InChI is InChI=1S/C22H20ClN7OS/c23-18-6-4-16(5-7-18)20-14-32-21(25-20)13-28-8-10-29(11-9-28)22(31)17-2-1-3-19(12-17)30-15-24-26-27-30/h1-7,12,14-15H,8-11,13H2. The molecule has 1 amide bonds. The van der Waals surface area contributed by atoms with E-state index in [4.69, 9.17) is 16.6 Å². The van der Waals surface area contributed by atoms with Gasteiger partial charge in [0.25, 0.3) is 5.91 Å². The highest BCUT2D eigenvalue weighted by Gasteiger charge is 2.23. The average molecular weight is 466 g/mol. The molecule has 1 saturated heterocycles. The molecule has 5 rings (SSSR count). The molecule has 1 aliphatic heterocycles. The van der Waals surface area contributed by atoms with Crippen molar-refractivity contribution in [1.82, 2.24) is 35.0 Å². The van der Waals surface area contributed by atoms with E-state index in [0.717, 1.165) is 46.6 Å². The highest BCUT2D eigenvalue weighted by atomic mass is 35.5. The first-order chi connectivity index (χ1) is 15.7. The van der Waals surface area contributed by atoms with Gasteiger partial charge in [0.1, 0.15) is 11.3 Å². The van der Waals surface area contributed by atoms with Gasteiger partial charge in [-0.3, -0.25) is 9.69 Å². The van der Waals surface area contributed by atoms with E-state index >= 15 is 0 Å². The molecule has 2 aromatic carbocycles. The van der Waals surface area contributed by atoms with Crippen molar-refractivity contribution in [2.75, 3.05) is 26.2 Å². The molecular formula is C22H20ClN7OS. The van der Waals surface area contributed by atoms with Gasteiger partial charge in [0.2, 0.25) is 0 Å². The third-order valence-corrected chi connectivity index (χ3v) is 6.50. The van der Waals surface area contributed by atoms with Crippen LogP contribution in [0.3, 0.4) is 0 Å². The number of aromatic nitrogens is 5. The predicted octanol–water partition coefficient (Wildman–Crippen LogP) is 3.40. The van der Waals surface area contributed by atoms with Gasteiger partial charge in [0.05, 0.1) is 17.9 Å². The van der Waals surface area contributed by atoms with E-state index in [0.29, 0.717) is 18.7 Å². The molecule has 0 bridgehead atoms. The maximum Gasteiger partial charge on any atom is 0.254 e. The molecule has 4 aromatic rings. The molecule has 1 fully saturated rings. The summed E-state index contributed by atoms with van der Waals surface area (Å²) in [5, 5.41) is 15.1. The normalized spacial score (nSPS) is 14.6. The first-order valence-electron chi connectivity index (χ1n) is 10.2. The number of hydrogen-bond donors (Lipinski definition) is 0. The molecule has 0 spiro atoms. The van der Waals surface area contributed by atoms with Crippen molar-refractivity contribution in [3.8, 4) is 16.9 Å². The Hall–Kier alpha value is -3.14. The fourth-order valence-corrected chi connectivity index (χ4v) is 4.65. The van der Waals surface area contributed by atoms with Crippen LogP contribution in [0.5, 0.6) is 0 Å². The van der Waals surface area contributed by atoms with Gasteiger partial charge in [-0.05, 0) is 40.8 Å². The Morgan fingerprint density at radius 1 is 1.06 bits per heavy atom. The predicted molar refractivity (Wildman–Crippen MR) is 123 cm³/mol. The highest BCUT2D eigenvalue weighted by Crippen LogP contribution is 2.24. The molecule has 162 valence electrons. The maximum absolute atomic E-state index is 13.0. The zero-order chi connectivity index (χ0) is 21.9. The third kappa shape index (κ3) is 4.55. The SMILES string of the molecule is O=C(c1cccc(-n2cnnn2)c1)N1CCN(Cc2nc(-c3ccc(Cl)cc3)cs2)CC1. The molecule has 10 heteroatoms. The molecule has 1 aliphatic rings. The Morgan fingerprint density at radius 2 is 1.88 bits per heavy atom. The number of thiazole rings is 1. The zero-order valence-corrected chi connectivity index (χ0v) is 18.7. The van der Waals surface area contributed by atoms with Gasteiger partial charge in [-0.2, -0.15) is 0 Å². The number of carbonyl (C=O) groups is 1. The van der Waals surface area contributed by atoms with Gasteiger partial charge in [0.15, 0.2) is 0 Å². The number of tetrazole rings is 1. The minimum atomic E-state index is 0.0267. The van der Waals surface area contributed by atoms with Crippen LogP contribution in [-0.4, -0.2) is 67.1 Å². The van der Waals surface area contributed by atoms with Gasteiger partial charge in [-0.15, -0.1) is 16.4 Å². The molecule has 3 heterocycles. The molecule has 32 heavy (non-hydrogen) atoms. The Bertz CT molecular complexity index is 1200. The lowest BCUT2D eigenvalue weighted by atomic mass is 10.1. The summed E-state index contributed by atoms with van der Waals surface area (Å²) in [7, 11) is 0. The molecule has 0 radical (unpaired) electrons. The van der Waals surface area contributed by atoms with E-state index in [9.17, 15) is 4.79 Å². The topological polar surface area (TPSA) is 80.0 Å².